The summed E-state index contributed by atoms with van der Waals surface area (Å²) in [6.45, 7) is -0.259. The monoisotopic (exact) mass is 384 g/mol. The molecule has 144 valence electrons. The summed E-state index contributed by atoms with van der Waals surface area (Å²) in [4.78, 5) is 23.4. The Kier molecular flexibility index (Phi) is 6.75. The zero-order valence-corrected chi connectivity index (χ0v) is 14.0. The summed E-state index contributed by atoms with van der Waals surface area (Å²) in [5.74, 6) is -1.72. The zero-order valence-electron chi connectivity index (χ0n) is 14.0. The van der Waals surface area contributed by atoms with Crippen molar-refractivity contribution in [3.8, 4) is 5.75 Å². The summed E-state index contributed by atoms with van der Waals surface area (Å²) >= 11 is 0. The molecule has 0 aliphatic heterocycles. The molecule has 0 radical (unpaired) electrons. The summed E-state index contributed by atoms with van der Waals surface area (Å²) in [5, 5.41) is 4.92. The van der Waals surface area contributed by atoms with Crippen LogP contribution in [0.3, 0.4) is 0 Å². The Balaban J connectivity index is 1.69. The normalized spacial score (nSPS) is 11.0. The van der Waals surface area contributed by atoms with E-state index < -0.39 is 36.0 Å². The lowest BCUT2D eigenvalue weighted by Gasteiger charge is -2.10. The van der Waals surface area contributed by atoms with Crippen LogP contribution in [-0.4, -0.2) is 31.5 Å². The molecule has 0 aliphatic carbocycles. The second kappa shape index (κ2) is 9.02. The van der Waals surface area contributed by atoms with E-state index in [1.807, 2.05) is 0 Å². The van der Waals surface area contributed by atoms with Crippen LogP contribution in [-0.2, 0) is 11.0 Å². The first-order valence-electron chi connectivity index (χ1n) is 7.87. The van der Waals surface area contributed by atoms with E-state index in [4.69, 9.17) is 4.74 Å². The van der Waals surface area contributed by atoms with Crippen LogP contribution in [0.2, 0.25) is 0 Å². The van der Waals surface area contributed by atoms with Gasteiger partial charge in [0.25, 0.3) is 11.8 Å². The van der Waals surface area contributed by atoms with E-state index >= 15 is 0 Å². The van der Waals surface area contributed by atoms with Crippen molar-refractivity contribution >= 4 is 11.8 Å². The van der Waals surface area contributed by atoms with E-state index in [1.165, 1.54) is 18.2 Å². The fourth-order valence-electron chi connectivity index (χ4n) is 2.05. The summed E-state index contributed by atoms with van der Waals surface area (Å²) in [5.41, 5.74) is -0.779. The lowest BCUT2D eigenvalue weighted by molar-refractivity contribution is -0.137. The molecule has 0 bridgehead atoms. The average Bonchev–Trinajstić information content (AvgIpc) is 2.64. The van der Waals surface area contributed by atoms with Gasteiger partial charge in [0.1, 0.15) is 0 Å². The molecule has 0 fully saturated rings. The number of rotatable bonds is 7. The predicted molar refractivity (Wildman–Crippen MR) is 88.7 cm³/mol. The third-order valence-corrected chi connectivity index (χ3v) is 3.40. The van der Waals surface area contributed by atoms with Crippen molar-refractivity contribution in [2.24, 2.45) is 0 Å². The number of amides is 2. The van der Waals surface area contributed by atoms with Gasteiger partial charge in [-0.1, -0.05) is 12.1 Å². The van der Waals surface area contributed by atoms with Crippen LogP contribution in [0.5, 0.6) is 5.75 Å². The topological polar surface area (TPSA) is 67.4 Å². The number of benzene rings is 2. The molecule has 0 saturated heterocycles. The van der Waals surface area contributed by atoms with Crippen LogP contribution >= 0.6 is 0 Å². The molecule has 0 saturated carbocycles. The van der Waals surface area contributed by atoms with Gasteiger partial charge in [0.05, 0.1) is 5.56 Å². The maximum Gasteiger partial charge on any atom is 0.416 e. The molecule has 2 aromatic rings. The van der Waals surface area contributed by atoms with Crippen molar-refractivity contribution in [1.29, 1.82) is 0 Å². The standard InChI is InChI=1S/C18H16F4N2O3/c19-14-3-1-2-4-15(14)27-11-16(25)23-9-10-24-17(26)12-5-7-13(8-6-12)18(20,21)22/h1-8H,9-11H2,(H,23,25)(H,24,26). The summed E-state index contributed by atoms with van der Waals surface area (Å²) in [6, 6.07) is 9.40. The first-order chi connectivity index (χ1) is 12.8. The number of nitrogens with one attached hydrogen (secondary N) is 2. The fourth-order valence-corrected chi connectivity index (χ4v) is 2.05. The molecule has 2 N–H and O–H groups in total. The van der Waals surface area contributed by atoms with Crippen molar-refractivity contribution in [3.63, 3.8) is 0 Å². The first kappa shape index (κ1) is 20.2. The third-order valence-electron chi connectivity index (χ3n) is 3.40. The lowest BCUT2D eigenvalue weighted by Crippen LogP contribution is -2.36. The summed E-state index contributed by atoms with van der Waals surface area (Å²) < 4.78 is 55.7. The zero-order chi connectivity index (χ0) is 19.9. The third kappa shape index (κ3) is 6.28. The highest BCUT2D eigenvalue weighted by molar-refractivity contribution is 5.94. The van der Waals surface area contributed by atoms with E-state index in [1.54, 1.807) is 6.07 Å². The smallest absolute Gasteiger partial charge is 0.416 e. The molecular weight excluding hydrogens is 368 g/mol. The fraction of sp³-hybridized carbons (Fsp3) is 0.222. The molecule has 0 aliphatic rings. The highest BCUT2D eigenvalue weighted by Gasteiger charge is 2.30. The minimum atomic E-state index is -4.47. The minimum absolute atomic E-state index is 0.0525. The quantitative estimate of drug-likeness (QED) is 0.570. The Morgan fingerprint density at radius 2 is 1.56 bits per heavy atom. The molecule has 0 spiro atoms. The number of carbonyl (C=O) groups is 2. The van der Waals surface area contributed by atoms with E-state index in [2.05, 4.69) is 10.6 Å². The number of hydrogen-bond acceptors (Lipinski definition) is 3. The van der Waals surface area contributed by atoms with Gasteiger partial charge in [-0.25, -0.2) is 4.39 Å². The van der Waals surface area contributed by atoms with Crippen molar-refractivity contribution in [2.75, 3.05) is 19.7 Å². The number of alkyl halides is 3. The minimum Gasteiger partial charge on any atom is -0.481 e. The Morgan fingerprint density at radius 1 is 0.926 bits per heavy atom. The van der Waals surface area contributed by atoms with Crippen LogP contribution in [0.25, 0.3) is 0 Å². The summed E-state index contributed by atoms with van der Waals surface area (Å²) in [7, 11) is 0. The predicted octanol–water partition coefficient (Wildman–Crippen LogP) is 2.77. The first-order valence-corrected chi connectivity index (χ1v) is 7.87. The van der Waals surface area contributed by atoms with E-state index in [0.29, 0.717) is 0 Å². The van der Waals surface area contributed by atoms with Crippen LogP contribution in [0.15, 0.2) is 48.5 Å². The largest absolute Gasteiger partial charge is 0.481 e. The van der Waals surface area contributed by atoms with Gasteiger partial charge in [-0.15, -0.1) is 0 Å². The molecule has 5 nitrogen and oxygen atoms in total. The molecule has 27 heavy (non-hydrogen) atoms. The number of carbonyl (C=O) groups excluding carboxylic acids is 2. The molecule has 2 amide bonds. The van der Waals surface area contributed by atoms with Crippen LogP contribution < -0.4 is 15.4 Å². The van der Waals surface area contributed by atoms with Gasteiger partial charge in [-0.3, -0.25) is 9.59 Å². The van der Waals surface area contributed by atoms with Crippen molar-refractivity contribution in [1.82, 2.24) is 10.6 Å². The Hall–Kier alpha value is -3.10. The number of hydrogen-bond donors (Lipinski definition) is 2. The van der Waals surface area contributed by atoms with E-state index in [-0.39, 0.29) is 24.4 Å². The maximum atomic E-state index is 13.3. The van der Waals surface area contributed by atoms with Gasteiger partial charge in [-0.05, 0) is 36.4 Å². The Morgan fingerprint density at radius 3 is 2.19 bits per heavy atom. The molecule has 2 rings (SSSR count). The van der Waals surface area contributed by atoms with Gasteiger partial charge in [0.2, 0.25) is 0 Å². The van der Waals surface area contributed by atoms with Crippen LogP contribution in [0, 0.1) is 5.82 Å². The van der Waals surface area contributed by atoms with Gasteiger partial charge >= 0.3 is 6.18 Å². The van der Waals surface area contributed by atoms with E-state index in [0.717, 1.165) is 24.3 Å². The molecule has 0 heterocycles. The van der Waals surface area contributed by atoms with Crippen LogP contribution in [0.4, 0.5) is 17.6 Å². The second-order valence-electron chi connectivity index (χ2n) is 5.40. The molecule has 0 aromatic heterocycles. The lowest BCUT2D eigenvalue weighted by atomic mass is 10.1. The van der Waals surface area contributed by atoms with E-state index in [9.17, 15) is 27.2 Å². The Bertz CT molecular complexity index is 792. The number of halogens is 4. The Labute approximate surface area is 152 Å². The highest BCUT2D eigenvalue weighted by Crippen LogP contribution is 2.29. The van der Waals surface area contributed by atoms with Gasteiger partial charge < -0.3 is 15.4 Å². The maximum absolute atomic E-state index is 13.3. The summed E-state index contributed by atoms with van der Waals surface area (Å²) in [6.07, 6.45) is -4.47. The molecule has 0 atom stereocenters. The average molecular weight is 384 g/mol. The number of ether oxygens (including phenoxy) is 1. The van der Waals surface area contributed by atoms with Gasteiger partial charge in [0, 0.05) is 18.7 Å². The SMILES string of the molecule is O=C(COc1ccccc1F)NCCNC(=O)c1ccc(C(F)(F)F)cc1. The molecular formula is C18H16F4N2O3. The second-order valence-corrected chi connectivity index (χ2v) is 5.40. The van der Waals surface area contributed by atoms with Gasteiger partial charge in [0.15, 0.2) is 18.2 Å². The van der Waals surface area contributed by atoms with Crippen molar-refractivity contribution in [3.05, 3.63) is 65.5 Å². The van der Waals surface area contributed by atoms with Crippen LogP contribution in [0.1, 0.15) is 15.9 Å². The van der Waals surface area contributed by atoms with Crippen molar-refractivity contribution < 1.29 is 31.9 Å². The van der Waals surface area contributed by atoms with Gasteiger partial charge in [-0.2, -0.15) is 13.2 Å². The molecule has 9 heteroatoms. The number of para-hydroxylation sites is 1. The highest BCUT2D eigenvalue weighted by atomic mass is 19.4. The molecule has 2 aromatic carbocycles. The molecule has 0 unspecified atom stereocenters. The van der Waals surface area contributed by atoms with Crippen molar-refractivity contribution in [2.45, 2.75) is 6.18 Å².